The average Bonchev–Trinajstić information content (AvgIpc) is 2.74. The molecule has 1 aliphatic rings. The SMILES string of the molecule is Cc1ccc(CN2C(=O)N[C@@](C)(c3cccc(Br)c3)C2=O)cc1. The summed E-state index contributed by atoms with van der Waals surface area (Å²) in [6.45, 7) is 4.01. The first-order valence-electron chi connectivity index (χ1n) is 7.36. The van der Waals surface area contributed by atoms with Crippen molar-refractivity contribution in [2.24, 2.45) is 0 Å². The summed E-state index contributed by atoms with van der Waals surface area (Å²) in [6.07, 6.45) is 0. The van der Waals surface area contributed by atoms with E-state index in [1.165, 1.54) is 4.90 Å². The Morgan fingerprint density at radius 3 is 2.48 bits per heavy atom. The fraction of sp³-hybridized carbons (Fsp3) is 0.222. The van der Waals surface area contributed by atoms with Crippen LogP contribution in [0.4, 0.5) is 4.79 Å². The quantitative estimate of drug-likeness (QED) is 0.834. The molecule has 4 nitrogen and oxygen atoms in total. The van der Waals surface area contributed by atoms with Crippen LogP contribution in [0.2, 0.25) is 0 Å². The van der Waals surface area contributed by atoms with Crippen molar-refractivity contribution in [3.63, 3.8) is 0 Å². The number of carbonyl (C=O) groups is 2. The van der Waals surface area contributed by atoms with Crippen molar-refractivity contribution in [2.75, 3.05) is 0 Å². The number of nitrogens with one attached hydrogen (secondary N) is 1. The number of nitrogens with zero attached hydrogens (tertiary/aromatic N) is 1. The van der Waals surface area contributed by atoms with Gasteiger partial charge in [-0.1, -0.05) is 57.9 Å². The molecule has 1 aliphatic heterocycles. The van der Waals surface area contributed by atoms with Gasteiger partial charge in [-0.2, -0.15) is 0 Å². The smallest absolute Gasteiger partial charge is 0.319 e. The number of rotatable bonds is 3. The zero-order valence-corrected chi connectivity index (χ0v) is 14.6. The molecule has 3 rings (SSSR count). The van der Waals surface area contributed by atoms with E-state index in [0.717, 1.165) is 21.2 Å². The van der Waals surface area contributed by atoms with Crippen molar-refractivity contribution in [1.82, 2.24) is 10.2 Å². The molecule has 2 aromatic carbocycles. The van der Waals surface area contributed by atoms with Crippen LogP contribution in [0.1, 0.15) is 23.6 Å². The van der Waals surface area contributed by atoms with Crippen LogP contribution in [-0.2, 0) is 16.9 Å². The molecule has 1 saturated heterocycles. The molecule has 3 amide bonds. The Hall–Kier alpha value is -2.14. The average molecular weight is 373 g/mol. The maximum Gasteiger partial charge on any atom is 0.325 e. The first-order valence-corrected chi connectivity index (χ1v) is 8.15. The van der Waals surface area contributed by atoms with Crippen LogP contribution in [0.15, 0.2) is 53.0 Å². The van der Waals surface area contributed by atoms with Crippen LogP contribution in [-0.4, -0.2) is 16.8 Å². The predicted octanol–water partition coefficient (Wildman–Crippen LogP) is 3.72. The van der Waals surface area contributed by atoms with Crippen molar-refractivity contribution in [1.29, 1.82) is 0 Å². The fourth-order valence-corrected chi connectivity index (χ4v) is 3.11. The van der Waals surface area contributed by atoms with Crippen LogP contribution in [0, 0.1) is 6.92 Å². The second-order valence-corrected chi connectivity index (χ2v) is 6.86. The van der Waals surface area contributed by atoms with Crippen LogP contribution < -0.4 is 5.32 Å². The van der Waals surface area contributed by atoms with Crippen molar-refractivity contribution in [3.8, 4) is 0 Å². The van der Waals surface area contributed by atoms with E-state index in [1.807, 2.05) is 55.5 Å². The molecule has 0 aromatic heterocycles. The highest BCUT2D eigenvalue weighted by atomic mass is 79.9. The topological polar surface area (TPSA) is 49.4 Å². The Morgan fingerprint density at radius 2 is 1.83 bits per heavy atom. The highest BCUT2D eigenvalue weighted by molar-refractivity contribution is 9.10. The van der Waals surface area contributed by atoms with Gasteiger partial charge in [0.2, 0.25) is 0 Å². The molecule has 1 atom stereocenters. The number of benzene rings is 2. The van der Waals surface area contributed by atoms with Gasteiger partial charge in [0.25, 0.3) is 5.91 Å². The molecule has 0 unspecified atom stereocenters. The Balaban J connectivity index is 1.89. The lowest BCUT2D eigenvalue weighted by Gasteiger charge is -2.22. The number of halogens is 1. The number of hydrogen-bond acceptors (Lipinski definition) is 2. The summed E-state index contributed by atoms with van der Waals surface area (Å²) in [5, 5.41) is 2.82. The first kappa shape index (κ1) is 15.7. The summed E-state index contributed by atoms with van der Waals surface area (Å²) in [7, 11) is 0. The van der Waals surface area contributed by atoms with Gasteiger partial charge < -0.3 is 5.32 Å². The van der Waals surface area contributed by atoms with E-state index < -0.39 is 5.54 Å². The third-order valence-electron chi connectivity index (χ3n) is 4.14. The van der Waals surface area contributed by atoms with E-state index in [-0.39, 0.29) is 18.5 Å². The second-order valence-electron chi connectivity index (χ2n) is 5.94. The molecule has 23 heavy (non-hydrogen) atoms. The van der Waals surface area contributed by atoms with E-state index in [2.05, 4.69) is 21.2 Å². The van der Waals surface area contributed by atoms with E-state index in [0.29, 0.717) is 0 Å². The molecule has 0 radical (unpaired) electrons. The Kier molecular flexibility index (Phi) is 3.98. The van der Waals surface area contributed by atoms with E-state index in [4.69, 9.17) is 0 Å². The molecule has 0 aliphatic carbocycles. The molecule has 1 heterocycles. The Labute approximate surface area is 143 Å². The molecule has 118 valence electrons. The highest BCUT2D eigenvalue weighted by Gasteiger charge is 2.48. The fourth-order valence-electron chi connectivity index (χ4n) is 2.71. The van der Waals surface area contributed by atoms with Gasteiger partial charge in [-0.3, -0.25) is 9.69 Å². The van der Waals surface area contributed by atoms with Gasteiger partial charge in [0.1, 0.15) is 5.54 Å². The number of hydrogen-bond donors (Lipinski definition) is 1. The summed E-state index contributed by atoms with van der Waals surface area (Å²) >= 11 is 3.41. The van der Waals surface area contributed by atoms with Crippen molar-refractivity contribution in [3.05, 3.63) is 69.7 Å². The van der Waals surface area contributed by atoms with Gasteiger partial charge in [0.15, 0.2) is 0 Å². The molecule has 1 fully saturated rings. The standard InChI is InChI=1S/C18H17BrN2O2/c1-12-6-8-13(9-7-12)11-21-16(22)18(2,20-17(21)23)14-4-3-5-15(19)10-14/h3-10H,11H2,1-2H3,(H,20,23)/t18-/m0/s1. The lowest BCUT2D eigenvalue weighted by molar-refractivity contribution is -0.131. The maximum absolute atomic E-state index is 12.8. The lowest BCUT2D eigenvalue weighted by atomic mass is 9.92. The Morgan fingerprint density at radius 1 is 1.13 bits per heavy atom. The number of imide groups is 1. The summed E-state index contributed by atoms with van der Waals surface area (Å²) in [4.78, 5) is 26.4. The summed E-state index contributed by atoms with van der Waals surface area (Å²) in [5.74, 6) is -0.235. The molecule has 0 saturated carbocycles. The number of urea groups is 1. The van der Waals surface area contributed by atoms with Gasteiger partial charge >= 0.3 is 6.03 Å². The zero-order chi connectivity index (χ0) is 16.6. The minimum absolute atomic E-state index is 0.235. The Bertz CT molecular complexity index is 773. The number of amides is 3. The molecule has 5 heteroatoms. The van der Waals surface area contributed by atoms with Crippen LogP contribution >= 0.6 is 15.9 Å². The second kappa shape index (κ2) is 5.81. The molecule has 0 bridgehead atoms. The molecule has 0 spiro atoms. The van der Waals surface area contributed by atoms with Crippen LogP contribution in [0.5, 0.6) is 0 Å². The normalized spacial score (nSPS) is 20.7. The van der Waals surface area contributed by atoms with Crippen LogP contribution in [0.25, 0.3) is 0 Å². The zero-order valence-electron chi connectivity index (χ0n) is 13.0. The predicted molar refractivity (Wildman–Crippen MR) is 91.8 cm³/mol. The monoisotopic (exact) mass is 372 g/mol. The highest BCUT2D eigenvalue weighted by Crippen LogP contribution is 2.31. The summed E-state index contributed by atoms with van der Waals surface area (Å²) < 4.78 is 0.871. The van der Waals surface area contributed by atoms with Crippen molar-refractivity contribution >= 4 is 27.9 Å². The number of aryl methyl sites for hydroxylation is 1. The van der Waals surface area contributed by atoms with Gasteiger partial charge in [-0.25, -0.2) is 4.79 Å². The van der Waals surface area contributed by atoms with Crippen molar-refractivity contribution in [2.45, 2.75) is 25.9 Å². The lowest BCUT2D eigenvalue weighted by Crippen LogP contribution is -2.40. The maximum atomic E-state index is 12.8. The van der Waals surface area contributed by atoms with E-state index in [1.54, 1.807) is 6.92 Å². The minimum Gasteiger partial charge on any atom is -0.319 e. The van der Waals surface area contributed by atoms with Gasteiger partial charge in [-0.05, 0) is 37.1 Å². The van der Waals surface area contributed by atoms with Crippen LogP contribution in [0.3, 0.4) is 0 Å². The molecule has 2 aromatic rings. The van der Waals surface area contributed by atoms with Gasteiger partial charge in [-0.15, -0.1) is 0 Å². The molecular formula is C18H17BrN2O2. The van der Waals surface area contributed by atoms with Gasteiger partial charge in [0.05, 0.1) is 6.54 Å². The van der Waals surface area contributed by atoms with E-state index in [9.17, 15) is 9.59 Å². The molecular weight excluding hydrogens is 356 g/mol. The summed E-state index contributed by atoms with van der Waals surface area (Å²) in [6, 6.07) is 14.9. The van der Waals surface area contributed by atoms with E-state index >= 15 is 0 Å². The number of carbonyl (C=O) groups excluding carboxylic acids is 2. The largest absolute Gasteiger partial charge is 0.325 e. The minimum atomic E-state index is -1.04. The molecule has 1 N–H and O–H groups in total. The third-order valence-corrected chi connectivity index (χ3v) is 4.63. The van der Waals surface area contributed by atoms with Gasteiger partial charge in [0, 0.05) is 4.47 Å². The third kappa shape index (κ3) is 2.88. The summed E-state index contributed by atoms with van der Waals surface area (Å²) in [5.41, 5.74) is 1.80. The first-order chi connectivity index (χ1) is 10.9. The van der Waals surface area contributed by atoms with Crippen molar-refractivity contribution < 1.29 is 9.59 Å².